The van der Waals surface area contributed by atoms with Crippen molar-refractivity contribution in [2.75, 3.05) is 20.5 Å². The summed E-state index contributed by atoms with van der Waals surface area (Å²) < 4.78 is 23.8. The van der Waals surface area contributed by atoms with Gasteiger partial charge in [0.1, 0.15) is 6.79 Å². The van der Waals surface area contributed by atoms with Gasteiger partial charge in [0.15, 0.2) is 0 Å². The van der Waals surface area contributed by atoms with Gasteiger partial charge in [-0.25, -0.2) is 4.79 Å². The zero-order chi connectivity index (χ0) is 31.1. The fraction of sp³-hybridized carbons (Fsp3) is 0.571. The van der Waals surface area contributed by atoms with Crippen molar-refractivity contribution in [2.24, 2.45) is 0 Å². The first kappa shape index (κ1) is 36.2. The van der Waals surface area contributed by atoms with Crippen LogP contribution in [0.25, 0.3) is 0 Å². The van der Waals surface area contributed by atoms with Gasteiger partial charge in [-0.3, -0.25) is 0 Å². The van der Waals surface area contributed by atoms with Crippen LogP contribution in [-0.2, 0) is 23.4 Å². The lowest BCUT2D eigenvalue weighted by atomic mass is 10.1. The highest BCUT2D eigenvalue weighted by molar-refractivity contribution is 6.99. The molecule has 0 saturated carbocycles. The number of ether oxygens (including phenoxy) is 3. The van der Waals surface area contributed by atoms with Gasteiger partial charge in [-0.2, -0.15) is 0 Å². The Bertz CT molecular complexity index is 1010. The van der Waals surface area contributed by atoms with Gasteiger partial charge >= 0.3 is 5.97 Å². The van der Waals surface area contributed by atoms with E-state index in [0.717, 1.165) is 45.1 Å². The zero-order valence-electron chi connectivity index (χ0n) is 27.5. The predicted molar refractivity (Wildman–Crippen MR) is 181 cm³/mol. The standard InChI is InChI=1S/C35H56O5Si2/c1-30(39-29-38-27-28-41(6,7)8)19-13-9-10-14-20-31(25-26-34(36)37-5)40-42(35(2,3)4,32-21-15-11-16-22-32)33-23-17-12-18-24-33/h11-12,15-18,21-26,30-31H,9-10,13-14,19-20,27-29H2,1-8H3/b26-25+/t30-,31-/m1/s1. The largest absolute Gasteiger partial charge is 0.466 e. The lowest BCUT2D eigenvalue weighted by Gasteiger charge is -2.44. The molecule has 7 heteroatoms. The van der Waals surface area contributed by atoms with Crippen molar-refractivity contribution in [1.82, 2.24) is 0 Å². The van der Waals surface area contributed by atoms with Crippen molar-refractivity contribution in [3.05, 3.63) is 72.8 Å². The van der Waals surface area contributed by atoms with Crippen LogP contribution in [0, 0.1) is 0 Å². The van der Waals surface area contributed by atoms with Gasteiger partial charge in [0, 0.05) is 20.8 Å². The molecule has 0 saturated heterocycles. The summed E-state index contributed by atoms with van der Waals surface area (Å²) in [6, 6.07) is 22.5. The van der Waals surface area contributed by atoms with Crippen molar-refractivity contribution < 1.29 is 23.4 Å². The lowest BCUT2D eigenvalue weighted by molar-refractivity contribution is -0.134. The molecule has 2 aromatic rings. The minimum absolute atomic E-state index is 0.137. The fourth-order valence-electron chi connectivity index (χ4n) is 5.18. The van der Waals surface area contributed by atoms with Gasteiger partial charge in [0.2, 0.25) is 0 Å². The van der Waals surface area contributed by atoms with Crippen LogP contribution in [0.4, 0.5) is 0 Å². The van der Waals surface area contributed by atoms with E-state index in [1.807, 2.05) is 6.08 Å². The molecule has 5 nitrogen and oxygen atoms in total. The number of rotatable bonds is 19. The van der Waals surface area contributed by atoms with Crippen LogP contribution in [0.1, 0.15) is 66.2 Å². The molecule has 0 spiro atoms. The highest BCUT2D eigenvalue weighted by atomic mass is 28.4. The van der Waals surface area contributed by atoms with Gasteiger partial charge < -0.3 is 18.6 Å². The average Bonchev–Trinajstić information content (AvgIpc) is 2.95. The SMILES string of the molecule is COC(=O)/C=C/[C@@H](CCCCCC[C@@H](C)OCOCC[Si](C)(C)C)O[Si](c1ccccc1)(c1ccccc1)C(C)(C)C. The summed E-state index contributed by atoms with van der Waals surface area (Å²) in [6.07, 6.45) is 9.67. The first-order valence-electron chi connectivity index (χ1n) is 15.6. The van der Waals surface area contributed by atoms with Crippen molar-refractivity contribution >= 4 is 32.7 Å². The van der Waals surface area contributed by atoms with Crippen LogP contribution in [-0.4, -0.2) is 55.1 Å². The molecule has 2 aromatic carbocycles. The van der Waals surface area contributed by atoms with Crippen LogP contribution >= 0.6 is 0 Å². The maximum absolute atomic E-state index is 12.1. The summed E-state index contributed by atoms with van der Waals surface area (Å²) >= 11 is 0. The second-order valence-electron chi connectivity index (χ2n) is 13.5. The number of carbonyl (C=O) groups excluding carboxylic acids is 1. The van der Waals surface area contributed by atoms with E-state index in [2.05, 4.69) is 108 Å². The molecule has 234 valence electrons. The van der Waals surface area contributed by atoms with Gasteiger partial charge in [-0.1, -0.05) is 127 Å². The topological polar surface area (TPSA) is 54.0 Å². The average molecular weight is 613 g/mol. The fourth-order valence-corrected chi connectivity index (χ4v) is 10.6. The van der Waals surface area contributed by atoms with Crippen LogP contribution in [0.5, 0.6) is 0 Å². The summed E-state index contributed by atoms with van der Waals surface area (Å²) in [5, 5.41) is 2.33. The van der Waals surface area contributed by atoms with Crippen LogP contribution < -0.4 is 10.4 Å². The minimum Gasteiger partial charge on any atom is -0.466 e. The second-order valence-corrected chi connectivity index (χ2v) is 23.4. The smallest absolute Gasteiger partial charge is 0.330 e. The van der Waals surface area contributed by atoms with Crippen molar-refractivity contribution in [3.8, 4) is 0 Å². The molecule has 2 atom stereocenters. The number of benzene rings is 2. The summed E-state index contributed by atoms with van der Waals surface area (Å²) in [6.45, 7) is 17.2. The van der Waals surface area contributed by atoms with Crippen molar-refractivity contribution in [3.63, 3.8) is 0 Å². The molecule has 0 aliphatic carbocycles. The van der Waals surface area contributed by atoms with Crippen molar-refractivity contribution in [1.29, 1.82) is 0 Å². The van der Waals surface area contributed by atoms with E-state index in [1.165, 1.54) is 29.6 Å². The Hall–Kier alpha value is -2.04. The molecule has 0 amide bonds. The molecule has 0 aliphatic heterocycles. The van der Waals surface area contributed by atoms with Crippen LogP contribution in [0.3, 0.4) is 0 Å². The molecule has 0 unspecified atom stereocenters. The third-order valence-corrected chi connectivity index (χ3v) is 14.4. The monoisotopic (exact) mass is 612 g/mol. The first-order chi connectivity index (χ1) is 19.9. The van der Waals surface area contributed by atoms with Gasteiger partial charge in [-0.15, -0.1) is 0 Å². The Labute approximate surface area is 258 Å². The summed E-state index contributed by atoms with van der Waals surface area (Å²) in [5.74, 6) is -0.357. The Kier molecular flexibility index (Phi) is 15.4. The highest BCUT2D eigenvalue weighted by Gasteiger charge is 2.51. The van der Waals surface area contributed by atoms with Crippen LogP contribution in [0.15, 0.2) is 72.8 Å². The molecule has 0 aromatic heterocycles. The lowest BCUT2D eigenvalue weighted by Crippen LogP contribution is -2.67. The molecule has 2 rings (SSSR count). The summed E-state index contributed by atoms with van der Waals surface area (Å²) in [7, 11) is -2.39. The highest BCUT2D eigenvalue weighted by Crippen LogP contribution is 2.38. The third kappa shape index (κ3) is 12.3. The maximum Gasteiger partial charge on any atom is 0.330 e. The number of hydrogen-bond donors (Lipinski definition) is 0. The number of hydrogen-bond acceptors (Lipinski definition) is 5. The van der Waals surface area contributed by atoms with E-state index in [4.69, 9.17) is 18.6 Å². The molecular weight excluding hydrogens is 557 g/mol. The van der Waals surface area contributed by atoms with Gasteiger partial charge in [-0.05, 0) is 47.3 Å². The summed E-state index contributed by atoms with van der Waals surface area (Å²) in [5.41, 5.74) is 0. The minimum atomic E-state index is -2.74. The number of esters is 1. The Balaban J connectivity index is 2.04. The zero-order valence-corrected chi connectivity index (χ0v) is 29.5. The third-order valence-electron chi connectivity index (χ3n) is 7.67. The van der Waals surface area contributed by atoms with Gasteiger partial charge in [0.25, 0.3) is 8.32 Å². The Morgan fingerprint density at radius 1 is 0.857 bits per heavy atom. The Morgan fingerprint density at radius 3 is 1.90 bits per heavy atom. The summed E-state index contributed by atoms with van der Waals surface area (Å²) in [4.78, 5) is 12.1. The molecule has 0 bridgehead atoms. The van der Waals surface area contributed by atoms with E-state index in [1.54, 1.807) is 0 Å². The maximum atomic E-state index is 12.1. The number of methoxy groups -OCH3 is 1. The number of unbranched alkanes of at least 4 members (excludes halogenated alkanes) is 3. The quantitative estimate of drug-likeness (QED) is 0.0535. The van der Waals surface area contributed by atoms with Crippen LogP contribution in [0.2, 0.25) is 30.7 Å². The molecule has 0 aliphatic rings. The molecule has 42 heavy (non-hydrogen) atoms. The Morgan fingerprint density at radius 2 is 1.40 bits per heavy atom. The molecular formula is C35H56O5Si2. The van der Waals surface area contributed by atoms with E-state index in [9.17, 15) is 4.79 Å². The van der Waals surface area contributed by atoms with Gasteiger partial charge in [0.05, 0.1) is 19.3 Å². The molecule has 0 heterocycles. The van der Waals surface area contributed by atoms with E-state index in [-0.39, 0.29) is 23.2 Å². The molecule has 0 radical (unpaired) electrons. The van der Waals surface area contributed by atoms with E-state index >= 15 is 0 Å². The first-order valence-corrected chi connectivity index (χ1v) is 21.2. The van der Waals surface area contributed by atoms with E-state index in [0.29, 0.717) is 6.79 Å². The normalized spacial score (nSPS) is 14.2. The molecule has 0 fully saturated rings. The van der Waals surface area contributed by atoms with E-state index < -0.39 is 16.4 Å². The predicted octanol–water partition coefficient (Wildman–Crippen LogP) is 7.72. The molecule has 0 N–H and O–H groups in total. The second kappa shape index (κ2) is 17.9. The van der Waals surface area contributed by atoms with Crippen molar-refractivity contribution in [2.45, 2.75) is 109 Å². The number of carbonyl (C=O) groups is 1.